The number of hydrogen-bond donors (Lipinski definition) is 1. The molecular weight excluding hydrogens is 382 g/mol. The van der Waals surface area contributed by atoms with Gasteiger partial charge in [0.15, 0.2) is 11.6 Å². The number of aromatic nitrogens is 3. The van der Waals surface area contributed by atoms with Crippen molar-refractivity contribution < 1.29 is 9.53 Å². The first kappa shape index (κ1) is 21.8. The second-order valence-corrected chi connectivity index (χ2v) is 6.96. The lowest BCUT2D eigenvalue weighted by Crippen LogP contribution is -2.41. The average molecular weight is 414 g/mol. The van der Waals surface area contributed by atoms with Gasteiger partial charge in [-0.25, -0.2) is 9.97 Å². The third-order valence-corrected chi connectivity index (χ3v) is 5.33. The van der Waals surface area contributed by atoms with Crippen LogP contribution in [-0.4, -0.2) is 73.8 Å². The number of nitrogens with one attached hydrogen (secondary N) is 1. The number of morpholine rings is 1. The number of carbonyl (C=O) groups is 1. The monoisotopic (exact) mass is 413 g/mol. The molecule has 162 valence electrons. The van der Waals surface area contributed by atoms with Crippen molar-refractivity contribution in [2.45, 2.75) is 26.3 Å². The smallest absolute Gasteiger partial charge is 0.212 e. The Morgan fingerprint density at radius 2 is 1.93 bits per heavy atom. The minimum Gasteiger partial charge on any atom is -0.378 e. The average Bonchev–Trinajstić information content (AvgIpc) is 3.27. The zero-order valence-electron chi connectivity index (χ0n) is 18.0. The molecule has 0 radical (unpaired) electrons. The lowest BCUT2D eigenvalue weighted by molar-refractivity contribution is -0.105. The summed E-state index contributed by atoms with van der Waals surface area (Å²) in [7, 11) is 2.18. The molecule has 2 aromatic heterocycles. The lowest BCUT2D eigenvalue weighted by Gasteiger charge is -2.36. The Balaban J connectivity index is 0.000000197. The van der Waals surface area contributed by atoms with Crippen LogP contribution < -0.4 is 20.0 Å². The predicted molar refractivity (Wildman–Crippen MR) is 119 cm³/mol. The fourth-order valence-electron chi connectivity index (χ4n) is 3.79. The van der Waals surface area contributed by atoms with Gasteiger partial charge >= 0.3 is 0 Å². The van der Waals surface area contributed by atoms with Crippen LogP contribution in [0.4, 0.5) is 23.1 Å². The zero-order chi connectivity index (χ0) is 21.3. The second-order valence-electron chi connectivity index (χ2n) is 6.96. The third-order valence-electron chi connectivity index (χ3n) is 5.33. The molecule has 0 saturated carbocycles. The van der Waals surface area contributed by atoms with Crippen molar-refractivity contribution in [3.63, 3.8) is 0 Å². The Kier molecular flexibility index (Phi) is 7.78. The molecule has 1 unspecified atom stereocenters. The van der Waals surface area contributed by atoms with Crippen LogP contribution in [-0.2, 0) is 9.53 Å². The third kappa shape index (κ3) is 4.96. The van der Waals surface area contributed by atoms with Crippen molar-refractivity contribution in [2.24, 2.45) is 0 Å². The summed E-state index contributed by atoms with van der Waals surface area (Å²) >= 11 is 0. The maximum atomic E-state index is 9.80. The van der Waals surface area contributed by atoms with Gasteiger partial charge in [0.05, 0.1) is 25.1 Å². The van der Waals surface area contributed by atoms with E-state index in [1.807, 2.05) is 13.8 Å². The molecule has 3 aliphatic heterocycles. The van der Waals surface area contributed by atoms with E-state index in [0.29, 0.717) is 18.3 Å². The van der Waals surface area contributed by atoms with Gasteiger partial charge in [-0.15, -0.1) is 0 Å². The van der Waals surface area contributed by atoms with Crippen LogP contribution in [0, 0.1) is 0 Å². The predicted octanol–water partition coefficient (Wildman–Crippen LogP) is 2.02. The van der Waals surface area contributed by atoms with Crippen molar-refractivity contribution >= 4 is 29.6 Å². The lowest BCUT2D eigenvalue weighted by atomic mass is 10.2. The number of nitrogens with zero attached hydrogens (tertiary/aromatic N) is 6. The molecule has 2 saturated heterocycles. The first-order chi connectivity index (χ1) is 14.8. The summed E-state index contributed by atoms with van der Waals surface area (Å²) in [6.07, 6.45) is 6.32. The number of anilines is 4. The minimum atomic E-state index is 0.465. The van der Waals surface area contributed by atoms with Gasteiger partial charge in [-0.05, 0) is 18.6 Å². The van der Waals surface area contributed by atoms with Crippen molar-refractivity contribution in [2.75, 3.05) is 66.5 Å². The number of rotatable bonds is 3. The summed E-state index contributed by atoms with van der Waals surface area (Å²) in [5.74, 6) is 2.71. The van der Waals surface area contributed by atoms with E-state index in [4.69, 9.17) is 9.72 Å². The summed E-state index contributed by atoms with van der Waals surface area (Å²) < 4.78 is 5.41. The fourth-order valence-corrected chi connectivity index (χ4v) is 3.79. The number of likely N-dealkylation sites (N-methyl/N-ethyl adjacent to an activating group) is 1. The Morgan fingerprint density at radius 3 is 2.63 bits per heavy atom. The molecule has 1 amide bonds. The van der Waals surface area contributed by atoms with Gasteiger partial charge in [0, 0.05) is 51.7 Å². The molecule has 9 heteroatoms. The van der Waals surface area contributed by atoms with Crippen molar-refractivity contribution in [3.8, 4) is 0 Å². The highest BCUT2D eigenvalue weighted by Gasteiger charge is 2.35. The van der Waals surface area contributed by atoms with E-state index in [9.17, 15) is 4.79 Å². The van der Waals surface area contributed by atoms with Gasteiger partial charge in [-0.2, -0.15) is 0 Å². The SMILES string of the molecule is CC.CN1c2nc(N3CCOCC3)ccc2N2CCC1C2.O=CNc1cnccn1. The van der Waals surface area contributed by atoms with E-state index in [1.54, 1.807) is 0 Å². The minimum absolute atomic E-state index is 0.465. The zero-order valence-corrected chi connectivity index (χ0v) is 18.0. The Morgan fingerprint density at radius 1 is 1.13 bits per heavy atom. The molecule has 5 rings (SSSR count). The van der Waals surface area contributed by atoms with Crippen LogP contribution in [0.5, 0.6) is 0 Å². The van der Waals surface area contributed by atoms with Crippen molar-refractivity contribution in [3.05, 3.63) is 30.7 Å². The fraction of sp³-hybridized carbons (Fsp3) is 0.524. The molecule has 0 spiro atoms. The van der Waals surface area contributed by atoms with Crippen LogP contribution in [0.15, 0.2) is 30.7 Å². The van der Waals surface area contributed by atoms with Gasteiger partial charge in [0.1, 0.15) is 5.82 Å². The summed E-state index contributed by atoms with van der Waals surface area (Å²) in [4.78, 5) is 29.3. The standard InChI is InChI=1S/C14H20N4O.C5H5N3O.C2H6/c1-16-11-4-5-18(10-11)12-2-3-13(15-14(12)16)17-6-8-19-9-7-17;9-4-8-5-3-6-1-2-7-5;1-2/h2-3,11H,4-10H2,1H3;1-4H,(H,7,8,9);1-2H3. The number of amides is 1. The van der Waals surface area contributed by atoms with Crippen molar-refractivity contribution in [1.82, 2.24) is 15.0 Å². The Bertz CT molecular complexity index is 799. The van der Waals surface area contributed by atoms with E-state index in [-0.39, 0.29) is 0 Å². The first-order valence-corrected chi connectivity index (χ1v) is 10.5. The normalized spacial score (nSPS) is 19.0. The van der Waals surface area contributed by atoms with Gasteiger partial charge in [-0.3, -0.25) is 9.78 Å². The molecule has 1 atom stereocenters. The first-order valence-electron chi connectivity index (χ1n) is 10.5. The second kappa shape index (κ2) is 10.7. The van der Waals surface area contributed by atoms with E-state index in [1.165, 1.54) is 37.2 Å². The van der Waals surface area contributed by atoms with Gasteiger partial charge in [-0.1, -0.05) is 13.8 Å². The molecule has 5 heterocycles. The molecule has 9 nitrogen and oxygen atoms in total. The molecule has 0 aliphatic carbocycles. The largest absolute Gasteiger partial charge is 0.378 e. The molecule has 30 heavy (non-hydrogen) atoms. The highest BCUT2D eigenvalue weighted by Crippen LogP contribution is 2.38. The quantitative estimate of drug-likeness (QED) is 0.765. The van der Waals surface area contributed by atoms with Gasteiger partial charge in [0.25, 0.3) is 0 Å². The maximum Gasteiger partial charge on any atom is 0.212 e. The topological polar surface area (TPSA) is 86.7 Å². The van der Waals surface area contributed by atoms with Crippen LogP contribution in [0.1, 0.15) is 20.3 Å². The van der Waals surface area contributed by atoms with E-state index >= 15 is 0 Å². The van der Waals surface area contributed by atoms with E-state index < -0.39 is 0 Å². The van der Waals surface area contributed by atoms with Gasteiger partial charge in [0.2, 0.25) is 6.41 Å². The summed E-state index contributed by atoms with van der Waals surface area (Å²) in [6, 6.07) is 5.04. The van der Waals surface area contributed by atoms with Crippen LogP contribution in [0.25, 0.3) is 0 Å². The van der Waals surface area contributed by atoms with Crippen molar-refractivity contribution in [1.29, 1.82) is 0 Å². The number of fused-ring (bicyclic) bond motifs is 4. The Hall–Kier alpha value is -2.94. The highest BCUT2D eigenvalue weighted by atomic mass is 16.5. The van der Waals surface area contributed by atoms with Gasteiger partial charge < -0.3 is 24.8 Å². The number of carbonyl (C=O) groups excluding carboxylic acids is 1. The van der Waals surface area contributed by atoms with E-state index in [2.05, 4.69) is 49.2 Å². The number of ether oxygens (including phenoxy) is 1. The molecule has 2 aromatic rings. The molecule has 0 aromatic carbocycles. The molecule has 2 bridgehead atoms. The number of pyridine rings is 1. The van der Waals surface area contributed by atoms with Crippen LogP contribution >= 0.6 is 0 Å². The summed E-state index contributed by atoms with van der Waals surface area (Å²) in [5.41, 5.74) is 1.30. The maximum absolute atomic E-state index is 9.80. The Labute approximate surface area is 178 Å². The number of hydrogen-bond acceptors (Lipinski definition) is 8. The summed E-state index contributed by atoms with van der Waals surface area (Å²) in [6.45, 7) is 9.83. The molecule has 3 aliphatic rings. The summed E-state index contributed by atoms with van der Waals surface area (Å²) in [5, 5.41) is 2.35. The van der Waals surface area contributed by atoms with Crippen LogP contribution in [0.3, 0.4) is 0 Å². The molecular formula is C21H31N7O2. The highest BCUT2D eigenvalue weighted by molar-refractivity contribution is 5.73. The molecule has 1 N–H and O–H groups in total. The van der Waals surface area contributed by atoms with Crippen LogP contribution in [0.2, 0.25) is 0 Å². The van der Waals surface area contributed by atoms with E-state index in [0.717, 1.165) is 44.5 Å². The molecule has 2 fully saturated rings.